The number of ether oxygens (including phenoxy) is 2. The molecule has 7 nitrogen and oxygen atoms in total. The molecular formula is C30H28N2O5. The Hall–Kier alpha value is -3.76. The maximum atomic E-state index is 13.2. The summed E-state index contributed by atoms with van der Waals surface area (Å²) in [6.45, 7) is 4.47. The van der Waals surface area contributed by atoms with E-state index in [1.165, 1.54) is 4.90 Å². The lowest BCUT2D eigenvalue weighted by molar-refractivity contribution is -0.266. The SMILES string of the molecule is CC1(C)CC(=O)C2=C(C1)OC1(CCCCN3C(=O)c4ccccc4C3=O)Cc3cc(C#N)ccc3C2O1. The average molecular weight is 497 g/mol. The van der Waals surface area contributed by atoms with Crippen LogP contribution in [0.1, 0.15) is 89.5 Å². The highest BCUT2D eigenvalue weighted by Gasteiger charge is 2.52. The summed E-state index contributed by atoms with van der Waals surface area (Å²) >= 11 is 0. The molecule has 2 bridgehead atoms. The number of hydrogen-bond donors (Lipinski definition) is 0. The smallest absolute Gasteiger partial charge is 0.261 e. The standard InChI is InChI=1S/C30H28N2O5/c1-29(2)15-23(33)25-24(16-29)36-30(14-19-13-18(17-31)9-10-20(19)26(25)37-30)11-5-6-12-32-27(34)21-7-3-4-8-22(21)28(32)35/h3-4,7-10,13,26H,5-6,11-12,14-16H2,1-2H3. The van der Waals surface area contributed by atoms with Crippen molar-refractivity contribution in [2.24, 2.45) is 5.41 Å². The minimum atomic E-state index is -0.958. The summed E-state index contributed by atoms with van der Waals surface area (Å²) < 4.78 is 13.1. The topological polar surface area (TPSA) is 96.7 Å². The third-order valence-corrected chi connectivity index (χ3v) is 7.86. The number of unbranched alkanes of at least 4 members (excludes halogenated alkanes) is 1. The first-order chi connectivity index (χ1) is 17.7. The molecule has 0 spiro atoms. The normalized spacial score (nSPS) is 25.3. The summed E-state index contributed by atoms with van der Waals surface area (Å²) in [5, 5.41) is 9.44. The number of Topliss-reactive ketones (excluding diaryl/α,β-unsaturated/α-hetero) is 1. The second-order valence-electron chi connectivity index (χ2n) is 11.3. The van der Waals surface area contributed by atoms with Gasteiger partial charge in [0.15, 0.2) is 5.78 Å². The van der Waals surface area contributed by atoms with E-state index in [0.717, 1.165) is 11.1 Å². The Morgan fingerprint density at radius 2 is 1.73 bits per heavy atom. The van der Waals surface area contributed by atoms with Crippen LogP contribution in [0.25, 0.3) is 0 Å². The number of imide groups is 1. The van der Waals surface area contributed by atoms with Crippen LogP contribution in [-0.2, 0) is 20.7 Å². The highest BCUT2D eigenvalue weighted by atomic mass is 16.7. The molecule has 0 fully saturated rings. The molecule has 0 saturated carbocycles. The van der Waals surface area contributed by atoms with Gasteiger partial charge < -0.3 is 9.47 Å². The molecule has 2 aromatic rings. The number of allylic oxidation sites excluding steroid dienone is 1. The molecule has 2 amide bonds. The fourth-order valence-electron chi connectivity index (χ4n) is 6.16. The van der Waals surface area contributed by atoms with E-state index in [2.05, 4.69) is 19.9 Å². The molecule has 3 heterocycles. The summed E-state index contributed by atoms with van der Waals surface area (Å²) in [6.07, 6.45) is 2.85. The van der Waals surface area contributed by atoms with Crippen LogP contribution in [0.2, 0.25) is 0 Å². The van der Waals surface area contributed by atoms with Gasteiger partial charge in [-0.05, 0) is 53.6 Å². The lowest BCUT2D eigenvalue weighted by atomic mass is 9.72. The zero-order valence-corrected chi connectivity index (χ0v) is 21.0. The zero-order valence-electron chi connectivity index (χ0n) is 21.0. The van der Waals surface area contributed by atoms with Crippen molar-refractivity contribution < 1.29 is 23.9 Å². The highest BCUT2D eigenvalue weighted by Crippen LogP contribution is 2.53. The second kappa shape index (κ2) is 8.39. The van der Waals surface area contributed by atoms with Gasteiger partial charge in [0.25, 0.3) is 11.8 Å². The van der Waals surface area contributed by atoms with Crippen LogP contribution < -0.4 is 0 Å². The number of nitrogens with zero attached hydrogens (tertiary/aromatic N) is 2. The molecule has 2 atom stereocenters. The van der Waals surface area contributed by atoms with Gasteiger partial charge in [-0.3, -0.25) is 19.3 Å². The second-order valence-corrected chi connectivity index (χ2v) is 11.3. The highest BCUT2D eigenvalue weighted by molar-refractivity contribution is 6.21. The van der Waals surface area contributed by atoms with Gasteiger partial charge in [-0.1, -0.05) is 32.0 Å². The van der Waals surface area contributed by atoms with E-state index in [-0.39, 0.29) is 23.0 Å². The fourth-order valence-corrected chi connectivity index (χ4v) is 6.16. The van der Waals surface area contributed by atoms with Gasteiger partial charge in [0.1, 0.15) is 11.9 Å². The van der Waals surface area contributed by atoms with Crippen molar-refractivity contribution in [2.45, 2.75) is 64.3 Å². The average Bonchev–Trinajstić information content (AvgIpc) is 3.10. The number of ketones is 1. The number of hydrogen-bond acceptors (Lipinski definition) is 6. The number of amides is 2. The third-order valence-electron chi connectivity index (χ3n) is 7.86. The first-order valence-corrected chi connectivity index (χ1v) is 12.8. The Balaban J connectivity index is 1.24. The largest absolute Gasteiger partial charge is 0.466 e. The van der Waals surface area contributed by atoms with Gasteiger partial charge in [-0.15, -0.1) is 0 Å². The number of carbonyl (C=O) groups is 3. The van der Waals surface area contributed by atoms with Crippen LogP contribution in [0.15, 0.2) is 53.8 Å². The minimum Gasteiger partial charge on any atom is -0.466 e. The molecule has 0 saturated heterocycles. The summed E-state index contributed by atoms with van der Waals surface area (Å²) in [4.78, 5) is 39.9. The van der Waals surface area contributed by atoms with Gasteiger partial charge in [0.05, 0.1) is 28.3 Å². The summed E-state index contributed by atoms with van der Waals surface area (Å²) in [5.74, 6) is -0.699. The third kappa shape index (κ3) is 3.87. The number of benzene rings is 2. The lowest BCUT2D eigenvalue weighted by Crippen LogP contribution is -2.49. The van der Waals surface area contributed by atoms with Crippen molar-refractivity contribution in [2.75, 3.05) is 6.54 Å². The Morgan fingerprint density at radius 3 is 2.43 bits per heavy atom. The molecule has 1 aliphatic carbocycles. The van der Waals surface area contributed by atoms with E-state index < -0.39 is 11.9 Å². The zero-order chi connectivity index (χ0) is 25.9. The summed E-state index contributed by atoms with van der Waals surface area (Å²) in [5.41, 5.74) is 3.76. The molecule has 0 aromatic heterocycles. The first-order valence-electron chi connectivity index (χ1n) is 12.8. The van der Waals surface area contributed by atoms with Crippen molar-refractivity contribution in [3.8, 4) is 6.07 Å². The first kappa shape index (κ1) is 23.6. The van der Waals surface area contributed by atoms with Crippen LogP contribution in [0, 0.1) is 16.7 Å². The maximum absolute atomic E-state index is 13.2. The number of carbonyl (C=O) groups excluding carboxylic acids is 3. The molecule has 2 aromatic carbocycles. The van der Waals surface area contributed by atoms with E-state index in [1.54, 1.807) is 30.3 Å². The van der Waals surface area contributed by atoms with Crippen molar-refractivity contribution in [3.05, 3.63) is 81.6 Å². The van der Waals surface area contributed by atoms with Gasteiger partial charge in [0.2, 0.25) is 5.79 Å². The molecule has 37 heavy (non-hydrogen) atoms. The maximum Gasteiger partial charge on any atom is 0.261 e. The van der Waals surface area contributed by atoms with Crippen LogP contribution in [-0.4, -0.2) is 34.8 Å². The Bertz CT molecular complexity index is 1400. The molecule has 188 valence electrons. The number of nitriles is 1. The van der Waals surface area contributed by atoms with Gasteiger partial charge >= 0.3 is 0 Å². The molecule has 6 rings (SSSR count). The quantitative estimate of drug-likeness (QED) is 0.427. The summed E-state index contributed by atoms with van der Waals surface area (Å²) in [6, 6.07) is 14.6. The molecule has 0 N–H and O–H groups in total. The molecule has 7 heteroatoms. The van der Waals surface area contributed by atoms with Crippen molar-refractivity contribution >= 4 is 17.6 Å². The molecular weight excluding hydrogens is 468 g/mol. The van der Waals surface area contributed by atoms with Gasteiger partial charge in [-0.25, -0.2) is 0 Å². The predicted octanol–water partition coefficient (Wildman–Crippen LogP) is 5.01. The van der Waals surface area contributed by atoms with Crippen LogP contribution in [0.5, 0.6) is 0 Å². The van der Waals surface area contributed by atoms with E-state index in [4.69, 9.17) is 9.47 Å². The van der Waals surface area contributed by atoms with E-state index in [9.17, 15) is 19.6 Å². The number of rotatable bonds is 5. The Kier molecular flexibility index (Phi) is 5.36. The van der Waals surface area contributed by atoms with Crippen molar-refractivity contribution in [1.82, 2.24) is 4.90 Å². The molecule has 3 aliphatic heterocycles. The Morgan fingerprint density at radius 1 is 1.00 bits per heavy atom. The van der Waals surface area contributed by atoms with Crippen molar-refractivity contribution in [1.29, 1.82) is 5.26 Å². The van der Waals surface area contributed by atoms with Crippen LogP contribution in [0.3, 0.4) is 0 Å². The van der Waals surface area contributed by atoms with E-state index >= 15 is 0 Å². The monoisotopic (exact) mass is 496 g/mol. The Labute approximate surface area is 215 Å². The fraction of sp³-hybridized carbons (Fsp3) is 0.400. The van der Waals surface area contributed by atoms with E-state index in [1.807, 2.05) is 12.1 Å². The lowest BCUT2D eigenvalue weighted by Gasteiger charge is -2.50. The summed E-state index contributed by atoms with van der Waals surface area (Å²) in [7, 11) is 0. The van der Waals surface area contributed by atoms with Gasteiger partial charge in [-0.2, -0.15) is 5.26 Å². The molecule has 0 radical (unpaired) electrons. The molecule has 2 unspecified atom stereocenters. The number of fused-ring (bicyclic) bond motifs is 6. The van der Waals surface area contributed by atoms with Crippen molar-refractivity contribution in [3.63, 3.8) is 0 Å². The molecule has 4 aliphatic rings. The van der Waals surface area contributed by atoms with Gasteiger partial charge in [0, 0.05) is 32.2 Å². The minimum absolute atomic E-state index is 0.0488. The van der Waals surface area contributed by atoms with E-state index in [0.29, 0.717) is 73.1 Å². The predicted molar refractivity (Wildman–Crippen MR) is 133 cm³/mol. The van der Waals surface area contributed by atoms with Crippen LogP contribution in [0.4, 0.5) is 0 Å². The van der Waals surface area contributed by atoms with Crippen LogP contribution >= 0.6 is 0 Å².